The van der Waals surface area contributed by atoms with Crippen LogP contribution in [0.2, 0.25) is 0 Å². The molecule has 1 atom stereocenters. The molecule has 1 unspecified atom stereocenters. The Hall–Kier alpha value is -1.46. The number of aliphatic hydroxyl groups is 2. The van der Waals surface area contributed by atoms with E-state index in [1.54, 1.807) is 0 Å². The monoisotopic (exact) mass is 239 g/mol. The molecule has 0 aromatic carbocycles. The van der Waals surface area contributed by atoms with Crippen molar-refractivity contribution in [3.63, 3.8) is 0 Å². The second kappa shape index (κ2) is 4.81. The lowest BCUT2D eigenvalue weighted by Crippen LogP contribution is -2.42. The van der Waals surface area contributed by atoms with Crippen molar-refractivity contribution in [2.24, 2.45) is 0 Å². The molecule has 5 nitrogen and oxygen atoms in total. The summed E-state index contributed by atoms with van der Waals surface area (Å²) in [5.41, 5.74) is -0.284. The lowest BCUT2D eigenvalue weighted by Gasteiger charge is -2.24. The summed E-state index contributed by atoms with van der Waals surface area (Å²) in [6.45, 7) is 5.89. The zero-order valence-electron chi connectivity index (χ0n) is 10.2. The number of aliphatic hydroxyl groups excluding tert-OH is 2. The molecule has 17 heavy (non-hydrogen) atoms. The maximum atomic E-state index is 11.5. The molecule has 0 aliphatic heterocycles. The Bertz CT molecular complexity index is 401. The Morgan fingerprint density at radius 1 is 1.29 bits per heavy atom. The quantitative estimate of drug-likeness (QED) is 0.615. The van der Waals surface area contributed by atoms with Gasteiger partial charge < -0.3 is 15.5 Å². The molecule has 94 valence electrons. The highest BCUT2D eigenvalue weighted by Crippen LogP contribution is 2.14. The molecule has 0 saturated carbocycles. The second-order valence-electron chi connectivity index (χ2n) is 5.01. The van der Waals surface area contributed by atoms with Gasteiger partial charge in [0.1, 0.15) is 0 Å². The van der Waals surface area contributed by atoms with Crippen molar-refractivity contribution >= 4 is 11.6 Å². The zero-order chi connectivity index (χ0) is 13.2. The Morgan fingerprint density at radius 3 is 2.41 bits per heavy atom. The van der Waals surface area contributed by atoms with Crippen molar-refractivity contribution in [2.75, 3.05) is 6.54 Å². The first-order valence-corrected chi connectivity index (χ1v) is 5.35. The predicted octanol–water partition coefficient (Wildman–Crippen LogP) is 0.255. The Labute approximate surface area is 99.8 Å². The molecule has 0 amide bonds. The van der Waals surface area contributed by atoms with Crippen molar-refractivity contribution in [3.05, 3.63) is 23.5 Å². The predicted molar refractivity (Wildman–Crippen MR) is 62.6 cm³/mol. The van der Waals surface area contributed by atoms with Crippen molar-refractivity contribution < 1.29 is 19.8 Å². The van der Waals surface area contributed by atoms with Gasteiger partial charge in [-0.3, -0.25) is 9.59 Å². The van der Waals surface area contributed by atoms with E-state index in [0.29, 0.717) is 0 Å². The van der Waals surface area contributed by atoms with Crippen LogP contribution in [-0.4, -0.2) is 40.0 Å². The third kappa shape index (κ3) is 3.80. The maximum Gasteiger partial charge on any atom is 0.226 e. The van der Waals surface area contributed by atoms with Gasteiger partial charge in [0.15, 0.2) is 11.5 Å². The molecule has 0 radical (unpaired) electrons. The number of carbonyl (C=O) groups is 2. The van der Waals surface area contributed by atoms with E-state index in [-0.39, 0.29) is 17.7 Å². The molecule has 1 rings (SSSR count). The summed E-state index contributed by atoms with van der Waals surface area (Å²) in [5.74, 6) is -1.82. The van der Waals surface area contributed by atoms with E-state index in [1.807, 2.05) is 20.8 Å². The molecule has 0 bridgehead atoms. The van der Waals surface area contributed by atoms with E-state index in [1.165, 1.54) is 0 Å². The number of β-amino-alcohol motifs (C(OH)–C–C–N with tert-alkyl or cyclic N) is 1. The summed E-state index contributed by atoms with van der Waals surface area (Å²) in [7, 11) is 0. The number of hydrogen-bond donors (Lipinski definition) is 3. The van der Waals surface area contributed by atoms with E-state index >= 15 is 0 Å². The molecule has 0 heterocycles. The SMILES string of the molecule is CC(C)(C)NCC(O)C1=CC(=O)C=C(O)C1=O. The molecule has 5 heteroatoms. The number of carbonyl (C=O) groups excluding carboxylic acids is 2. The summed E-state index contributed by atoms with van der Waals surface area (Å²) < 4.78 is 0. The van der Waals surface area contributed by atoms with E-state index in [9.17, 15) is 19.8 Å². The Kier molecular flexibility index (Phi) is 3.85. The van der Waals surface area contributed by atoms with Crippen molar-refractivity contribution in [3.8, 4) is 0 Å². The summed E-state index contributed by atoms with van der Waals surface area (Å²) in [5, 5.41) is 22.0. The minimum absolute atomic E-state index is 0.0771. The second-order valence-corrected chi connectivity index (χ2v) is 5.01. The standard InChI is InChI=1S/C12H17NO4/c1-12(2,3)13-6-10(16)8-4-7(14)5-9(15)11(8)17/h4-5,10,13,15-16H,6H2,1-3H3. The number of allylic oxidation sites excluding steroid dienone is 3. The first-order chi connectivity index (χ1) is 7.70. The smallest absolute Gasteiger partial charge is 0.226 e. The summed E-state index contributed by atoms with van der Waals surface area (Å²) in [6.07, 6.45) is 0.786. The molecular formula is C12H17NO4. The van der Waals surface area contributed by atoms with Gasteiger partial charge >= 0.3 is 0 Å². The minimum Gasteiger partial charge on any atom is -0.504 e. The van der Waals surface area contributed by atoms with Crippen LogP contribution in [0.15, 0.2) is 23.5 Å². The van der Waals surface area contributed by atoms with Crippen LogP contribution in [0.1, 0.15) is 20.8 Å². The van der Waals surface area contributed by atoms with E-state index in [2.05, 4.69) is 5.32 Å². The van der Waals surface area contributed by atoms with Crippen LogP contribution in [0.4, 0.5) is 0 Å². The van der Waals surface area contributed by atoms with Gasteiger partial charge in [-0.2, -0.15) is 0 Å². The summed E-state index contributed by atoms with van der Waals surface area (Å²) in [4.78, 5) is 22.6. The summed E-state index contributed by atoms with van der Waals surface area (Å²) >= 11 is 0. The molecule has 1 aliphatic carbocycles. The Morgan fingerprint density at radius 2 is 1.88 bits per heavy atom. The van der Waals surface area contributed by atoms with Crippen LogP contribution in [0, 0.1) is 0 Å². The van der Waals surface area contributed by atoms with Gasteiger partial charge in [0, 0.05) is 23.7 Å². The highest BCUT2D eigenvalue weighted by atomic mass is 16.3. The molecule has 0 spiro atoms. The van der Waals surface area contributed by atoms with Gasteiger partial charge in [-0.25, -0.2) is 0 Å². The van der Waals surface area contributed by atoms with E-state index in [0.717, 1.165) is 12.2 Å². The van der Waals surface area contributed by atoms with Gasteiger partial charge in [-0.1, -0.05) is 0 Å². The molecule has 3 N–H and O–H groups in total. The van der Waals surface area contributed by atoms with Gasteiger partial charge in [0.25, 0.3) is 0 Å². The maximum absolute atomic E-state index is 11.5. The Balaban J connectivity index is 2.73. The number of hydrogen-bond acceptors (Lipinski definition) is 5. The van der Waals surface area contributed by atoms with Crippen LogP contribution in [0.3, 0.4) is 0 Å². The van der Waals surface area contributed by atoms with Gasteiger partial charge in [0.05, 0.1) is 6.10 Å². The highest BCUT2D eigenvalue weighted by Gasteiger charge is 2.27. The average Bonchev–Trinajstić information content (AvgIpc) is 2.19. The molecule has 0 aromatic heterocycles. The number of nitrogens with one attached hydrogen (secondary N) is 1. The van der Waals surface area contributed by atoms with Crippen LogP contribution in [-0.2, 0) is 9.59 Å². The molecule has 0 saturated heterocycles. The van der Waals surface area contributed by atoms with Gasteiger partial charge in [-0.15, -0.1) is 0 Å². The average molecular weight is 239 g/mol. The van der Waals surface area contributed by atoms with Gasteiger partial charge in [-0.05, 0) is 26.8 Å². The minimum atomic E-state index is -1.11. The first kappa shape index (κ1) is 13.6. The van der Waals surface area contributed by atoms with E-state index < -0.39 is 23.4 Å². The lowest BCUT2D eigenvalue weighted by atomic mass is 9.96. The largest absolute Gasteiger partial charge is 0.504 e. The number of rotatable bonds is 3. The molecule has 0 aromatic rings. The molecule has 1 aliphatic rings. The normalized spacial score (nSPS) is 18.8. The fourth-order valence-electron chi connectivity index (χ4n) is 1.37. The van der Waals surface area contributed by atoms with Crippen molar-refractivity contribution in [1.29, 1.82) is 0 Å². The number of Topliss-reactive ketones (excluding diaryl/α,β-unsaturated/α-hetero) is 1. The third-order valence-electron chi connectivity index (χ3n) is 2.26. The fourth-order valence-corrected chi connectivity index (χ4v) is 1.37. The van der Waals surface area contributed by atoms with Crippen LogP contribution in [0.25, 0.3) is 0 Å². The topological polar surface area (TPSA) is 86.6 Å². The van der Waals surface area contributed by atoms with Crippen LogP contribution in [0.5, 0.6) is 0 Å². The van der Waals surface area contributed by atoms with Crippen LogP contribution >= 0.6 is 0 Å². The zero-order valence-corrected chi connectivity index (χ0v) is 10.2. The third-order valence-corrected chi connectivity index (χ3v) is 2.26. The first-order valence-electron chi connectivity index (χ1n) is 5.35. The molecule has 0 fully saturated rings. The number of ketones is 2. The van der Waals surface area contributed by atoms with Crippen molar-refractivity contribution in [1.82, 2.24) is 5.32 Å². The van der Waals surface area contributed by atoms with E-state index in [4.69, 9.17) is 0 Å². The van der Waals surface area contributed by atoms with Crippen molar-refractivity contribution in [2.45, 2.75) is 32.4 Å². The van der Waals surface area contributed by atoms with Crippen LogP contribution < -0.4 is 5.32 Å². The molecular weight excluding hydrogens is 222 g/mol. The lowest BCUT2D eigenvalue weighted by molar-refractivity contribution is -0.118. The highest BCUT2D eigenvalue weighted by molar-refractivity contribution is 6.19. The van der Waals surface area contributed by atoms with Gasteiger partial charge in [0.2, 0.25) is 5.78 Å². The fraction of sp³-hybridized carbons (Fsp3) is 0.500. The summed E-state index contributed by atoms with van der Waals surface area (Å²) in [6, 6.07) is 0.